The third-order valence-electron chi connectivity index (χ3n) is 1.93. The van der Waals surface area contributed by atoms with E-state index in [-0.39, 0.29) is 10.5 Å². The minimum atomic E-state index is -3.89. The molecule has 3 N–H and O–H groups in total. The first-order valence-electron chi connectivity index (χ1n) is 5.05. The van der Waals surface area contributed by atoms with E-state index in [0.29, 0.717) is 0 Å². The molecule has 0 aliphatic heterocycles. The van der Waals surface area contributed by atoms with Gasteiger partial charge in [-0.15, -0.1) is 0 Å². The summed E-state index contributed by atoms with van der Waals surface area (Å²) >= 11 is 0. The summed E-state index contributed by atoms with van der Waals surface area (Å²) in [4.78, 5) is 11.7. The minimum absolute atomic E-state index is 0.0601. The maximum absolute atomic E-state index is 11.9. The summed E-state index contributed by atoms with van der Waals surface area (Å²) < 4.78 is 22.6. The molecule has 0 saturated heterocycles. The number of benzene rings is 1. The molecule has 0 aromatic heterocycles. The lowest BCUT2D eigenvalue weighted by Gasteiger charge is -2.21. The highest BCUT2D eigenvalue weighted by molar-refractivity contribution is 7.89. The van der Waals surface area contributed by atoms with Crippen LogP contribution in [-0.4, -0.2) is 19.9 Å². The van der Waals surface area contributed by atoms with E-state index in [1.165, 1.54) is 18.2 Å². The Kier molecular flexibility index (Phi) is 3.59. The van der Waals surface area contributed by atoms with Crippen LogP contribution in [-0.2, 0) is 10.0 Å². The first kappa shape index (κ1) is 13.7. The Hall–Kier alpha value is -1.40. The van der Waals surface area contributed by atoms with Crippen LogP contribution in [0.15, 0.2) is 29.2 Å². The standard InChI is InChI=1S/C11H16N2O3S/c1-11(2,3)13-10(14)8-6-4-5-7-9(8)17(12,15)16/h4-7H,1-3H3,(H,13,14)(H2,12,15,16). The normalized spacial score (nSPS) is 12.2. The number of nitrogens with one attached hydrogen (secondary N) is 1. The topological polar surface area (TPSA) is 89.3 Å². The summed E-state index contributed by atoms with van der Waals surface area (Å²) in [5, 5.41) is 7.74. The number of primary sulfonamides is 1. The number of carbonyl (C=O) groups is 1. The maximum atomic E-state index is 11.9. The van der Waals surface area contributed by atoms with Gasteiger partial charge >= 0.3 is 0 Å². The van der Waals surface area contributed by atoms with Gasteiger partial charge < -0.3 is 5.32 Å². The van der Waals surface area contributed by atoms with Crippen LogP contribution in [0.5, 0.6) is 0 Å². The highest BCUT2D eigenvalue weighted by Gasteiger charge is 2.21. The molecular formula is C11H16N2O3S. The second-order valence-corrected chi connectivity index (χ2v) is 6.28. The van der Waals surface area contributed by atoms with Crippen LogP contribution < -0.4 is 10.5 Å². The number of sulfonamides is 1. The minimum Gasteiger partial charge on any atom is -0.347 e. The van der Waals surface area contributed by atoms with Crippen LogP contribution >= 0.6 is 0 Å². The highest BCUT2D eigenvalue weighted by atomic mass is 32.2. The molecule has 0 heterocycles. The Morgan fingerprint density at radius 2 is 1.76 bits per heavy atom. The first-order chi connectivity index (χ1) is 7.61. The number of rotatable bonds is 2. The van der Waals surface area contributed by atoms with Gasteiger partial charge in [0, 0.05) is 5.54 Å². The number of amides is 1. The molecule has 1 rings (SSSR count). The molecular weight excluding hydrogens is 240 g/mol. The van der Waals surface area contributed by atoms with Crippen molar-refractivity contribution in [2.45, 2.75) is 31.2 Å². The van der Waals surface area contributed by atoms with Gasteiger partial charge in [0.05, 0.1) is 10.5 Å². The summed E-state index contributed by atoms with van der Waals surface area (Å²) in [6.07, 6.45) is 0. The van der Waals surface area contributed by atoms with E-state index in [0.717, 1.165) is 0 Å². The molecule has 0 spiro atoms. The fraction of sp³-hybridized carbons (Fsp3) is 0.364. The van der Waals surface area contributed by atoms with Crippen molar-refractivity contribution in [1.29, 1.82) is 0 Å². The molecule has 0 radical (unpaired) electrons. The number of hydrogen-bond acceptors (Lipinski definition) is 3. The number of carbonyl (C=O) groups excluding carboxylic acids is 1. The lowest BCUT2D eigenvalue weighted by atomic mass is 10.1. The van der Waals surface area contributed by atoms with Crippen LogP contribution in [0.4, 0.5) is 0 Å². The van der Waals surface area contributed by atoms with Gasteiger partial charge in [-0.05, 0) is 32.9 Å². The van der Waals surface area contributed by atoms with E-state index in [9.17, 15) is 13.2 Å². The first-order valence-corrected chi connectivity index (χ1v) is 6.60. The summed E-state index contributed by atoms with van der Waals surface area (Å²) in [6, 6.07) is 5.85. The molecule has 0 fully saturated rings. The van der Waals surface area contributed by atoms with Gasteiger partial charge in [0.2, 0.25) is 10.0 Å². The van der Waals surface area contributed by atoms with Crippen molar-refractivity contribution in [3.05, 3.63) is 29.8 Å². The lowest BCUT2D eigenvalue weighted by Crippen LogP contribution is -2.41. The second-order valence-electron chi connectivity index (χ2n) is 4.75. The van der Waals surface area contributed by atoms with Gasteiger partial charge in [0.25, 0.3) is 5.91 Å². The third kappa shape index (κ3) is 3.83. The molecule has 0 bridgehead atoms. The van der Waals surface area contributed by atoms with E-state index >= 15 is 0 Å². The zero-order valence-electron chi connectivity index (χ0n) is 10.0. The lowest BCUT2D eigenvalue weighted by molar-refractivity contribution is 0.0916. The quantitative estimate of drug-likeness (QED) is 0.822. The second kappa shape index (κ2) is 4.46. The van der Waals surface area contributed by atoms with Crippen molar-refractivity contribution < 1.29 is 13.2 Å². The van der Waals surface area contributed by atoms with Gasteiger partial charge in [-0.25, -0.2) is 13.6 Å². The van der Waals surface area contributed by atoms with Gasteiger partial charge in [-0.3, -0.25) is 4.79 Å². The van der Waals surface area contributed by atoms with E-state index < -0.39 is 21.5 Å². The number of hydrogen-bond donors (Lipinski definition) is 2. The van der Waals surface area contributed by atoms with Crippen LogP contribution in [0.25, 0.3) is 0 Å². The maximum Gasteiger partial charge on any atom is 0.253 e. The monoisotopic (exact) mass is 256 g/mol. The molecule has 0 saturated carbocycles. The molecule has 1 aromatic carbocycles. The molecule has 0 atom stereocenters. The number of nitrogens with two attached hydrogens (primary N) is 1. The Bertz CT molecular complexity index is 530. The van der Waals surface area contributed by atoms with Crippen molar-refractivity contribution in [2.75, 3.05) is 0 Å². The Morgan fingerprint density at radius 3 is 2.24 bits per heavy atom. The van der Waals surface area contributed by atoms with Crippen LogP contribution in [0.2, 0.25) is 0 Å². The average molecular weight is 256 g/mol. The Balaban J connectivity index is 3.20. The summed E-state index contributed by atoms with van der Waals surface area (Å²) in [5.41, 5.74) is -0.382. The zero-order valence-corrected chi connectivity index (χ0v) is 10.8. The van der Waals surface area contributed by atoms with E-state index in [1.54, 1.807) is 6.07 Å². The summed E-state index contributed by atoms with van der Waals surface area (Å²) in [5.74, 6) is -0.456. The fourth-order valence-corrected chi connectivity index (χ4v) is 2.05. The largest absolute Gasteiger partial charge is 0.347 e. The molecule has 0 unspecified atom stereocenters. The van der Waals surface area contributed by atoms with Crippen LogP contribution in [0.3, 0.4) is 0 Å². The fourth-order valence-electron chi connectivity index (χ4n) is 1.31. The molecule has 94 valence electrons. The summed E-state index contributed by atoms with van der Waals surface area (Å²) in [6.45, 7) is 5.43. The van der Waals surface area contributed by atoms with Crippen LogP contribution in [0.1, 0.15) is 31.1 Å². The Labute approximate surface area is 101 Å². The van der Waals surface area contributed by atoms with Crippen molar-refractivity contribution in [3.63, 3.8) is 0 Å². The van der Waals surface area contributed by atoms with Crippen molar-refractivity contribution >= 4 is 15.9 Å². The summed E-state index contributed by atoms with van der Waals surface area (Å²) in [7, 11) is -3.89. The molecule has 6 heteroatoms. The zero-order chi connectivity index (χ0) is 13.3. The van der Waals surface area contributed by atoms with E-state index in [2.05, 4.69) is 5.32 Å². The van der Waals surface area contributed by atoms with E-state index in [4.69, 9.17) is 5.14 Å². The predicted octanol–water partition coefficient (Wildman–Crippen LogP) is 0.862. The van der Waals surface area contributed by atoms with Crippen LogP contribution in [0, 0.1) is 0 Å². The smallest absolute Gasteiger partial charge is 0.253 e. The molecule has 1 aromatic rings. The van der Waals surface area contributed by atoms with Gasteiger partial charge in [0.15, 0.2) is 0 Å². The molecule has 17 heavy (non-hydrogen) atoms. The van der Waals surface area contributed by atoms with Crippen molar-refractivity contribution in [1.82, 2.24) is 5.32 Å². The SMILES string of the molecule is CC(C)(C)NC(=O)c1ccccc1S(N)(=O)=O. The molecule has 5 nitrogen and oxygen atoms in total. The molecule has 0 aliphatic carbocycles. The van der Waals surface area contributed by atoms with Gasteiger partial charge in [-0.1, -0.05) is 12.1 Å². The molecule has 1 amide bonds. The van der Waals surface area contributed by atoms with Gasteiger partial charge in [0.1, 0.15) is 0 Å². The Morgan fingerprint density at radius 1 is 1.24 bits per heavy atom. The van der Waals surface area contributed by atoms with Crippen molar-refractivity contribution in [2.24, 2.45) is 5.14 Å². The molecule has 0 aliphatic rings. The third-order valence-corrected chi connectivity index (χ3v) is 2.90. The van der Waals surface area contributed by atoms with Crippen molar-refractivity contribution in [3.8, 4) is 0 Å². The predicted molar refractivity (Wildman–Crippen MR) is 65.0 cm³/mol. The van der Waals surface area contributed by atoms with Gasteiger partial charge in [-0.2, -0.15) is 0 Å². The van der Waals surface area contributed by atoms with E-state index in [1.807, 2.05) is 20.8 Å². The average Bonchev–Trinajstić information content (AvgIpc) is 2.13. The highest BCUT2D eigenvalue weighted by Crippen LogP contribution is 2.14.